The molecule has 1 aliphatic heterocycles. The van der Waals surface area contributed by atoms with E-state index in [9.17, 15) is 9.50 Å². The monoisotopic (exact) mass is 269 g/mol. The van der Waals surface area contributed by atoms with Gasteiger partial charge in [-0.2, -0.15) is 0 Å². The second-order valence-corrected chi connectivity index (χ2v) is 5.21. The largest absolute Gasteiger partial charge is 0.487 e. The standard InChI is InChI=1S/C14H20FNO3/c1-14(18)10-16(7-8-17)6-5-13(14)19-12-4-2-3-11(15)9-12/h2-4,9,13,17-18H,5-8,10H2,1H3/t13-,14-/m0/s1. The molecule has 0 amide bonds. The normalized spacial score (nSPS) is 28.3. The van der Waals surface area contributed by atoms with E-state index in [1.54, 1.807) is 19.1 Å². The first-order chi connectivity index (χ1) is 9.01. The number of aliphatic hydroxyl groups excluding tert-OH is 1. The van der Waals surface area contributed by atoms with Crippen molar-refractivity contribution in [1.29, 1.82) is 0 Å². The molecule has 2 N–H and O–H groups in total. The molecule has 5 heteroatoms. The number of hydrogen-bond donors (Lipinski definition) is 2. The highest BCUT2D eigenvalue weighted by molar-refractivity contribution is 5.23. The van der Waals surface area contributed by atoms with Crippen molar-refractivity contribution in [2.45, 2.75) is 25.0 Å². The lowest BCUT2D eigenvalue weighted by molar-refractivity contribution is -0.0991. The third kappa shape index (κ3) is 3.65. The van der Waals surface area contributed by atoms with Gasteiger partial charge in [0.2, 0.25) is 0 Å². The van der Waals surface area contributed by atoms with Crippen molar-refractivity contribution in [3.8, 4) is 5.75 Å². The van der Waals surface area contributed by atoms with Crippen LogP contribution in [0.15, 0.2) is 24.3 Å². The molecule has 1 heterocycles. The van der Waals surface area contributed by atoms with E-state index in [0.29, 0.717) is 25.3 Å². The molecule has 0 bridgehead atoms. The predicted molar refractivity (Wildman–Crippen MR) is 69.6 cm³/mol. The van der Waals surface area contributed by atoms with Gasteiger partial charge in [0.05, 0.1) is 6.61 Å². The summed E-state index contributed by atoms with van der Waals surface area (Å²) in [5.74, 6) is 0.0794. The van der Waals surface area contributed by atoms with E-state index in [0.717, 1.165) is 6.54 Å². The maximum Gasteiger partial charge on any atom is 0.129 e. The summed E-state index contributed by atoms with van der Waals surface area (Å²) in [6.07, 6.45) is 0.271. The summed E-state index contributed by atoms with van der Waals surface area (Å²) in [7, 11) is 0. The van der Waals surface area contributed by atoms with E-state index in [1.165, 1.54) is 12.1 Å². The highest BCUT2D eigenvalue weighted by atomic mass is 19.1. The molecular weight excluding hydrogens is 249 g/mol. The number of β-amino-alcohol motifs (C(OH)–C–C–N with tert-alkyl or cyclic N) is 2. The fraction of sp³-hybridized carbons (Fsp3) is 0.571. The Morgan fingerprint density at radius 1 is 1.53 bits per heavy atom. The van der Waals surface area contributed by atoms with Crippen LogP contribution >= 0.6 is 0 Å². The summed E-state index contributed by atoms with van der Waals surface area (Å²) in [6.45, 7) is 3.51. The van der Waals surface area contributed by atoms with Crippen molar-refractivity contribution in [2.75, 3.05) is 26.2 Å². The van der Waals surface area contributed by atoms with Crippen molar-refractivity contribution >= 4 is 0 Å². The molecule has 2 rings (SSSR count). The third-order valence-electron chi connectivity index (χ3n) is 3.44. The Morgan fingerprint density at radius 3 is 2.95 bits per heavy atom. The lowest BCUT2D eigenvalue weighted by Crippen LogP contribution is -2.57. The topological polar surface area (TPSA) is 52.9 Å². The molecule has 0 aliphatic carbocycles. The van der Waals surface area contributed by atoms with Crippen LogP contribution in [0, 0.1) is 5.82 Å². The Kier molecular flexibility index (Phi) is 4.39. The summed E-state index contributed by atoms with van der Waals surface area (Å²) >= 11 is 0. The zero-order valence-corrected chi connectivity index (χ0v) is 11.1. The van der Waals surface area contributed by atoms with Gasteiger partial charge in [0.25, 0.3) is 0 Å². The number of aliphatic hydroxyl groups is 2. The minimum Gasteiger partial charge on any atom is -0.487 e. The lowest BCUT2D eigenvalue weighted by Gasteiger charge is -2.42. The molecule has 1 aliphatic rings. The van der Waals surface area contributed by atoms with E-state index in [4.69, 9.17) is 9.84 Å². The molecule has 0 saturated carbocycles. The average molecular weight is 269 g/mol. The summed E-state index contributed by atoms with van der Waals surface area (Å²) in [5, 5.41) is 19.3. The third-order valence-corrected chi connectivity index (χ3v) is 3.44. The number of hydrogen-bond acceptors (Lipinski definition) is 4. The maximum atomic E-state index is 13.1. The van der Waals surface area contributed by atoms with Crippen molar-refractivity contribution in [3.63, 3.8) is 0 Å². The van der Waals surface area contributed by atoms with Gasteiger partial charge >= 0.3 is 0 Å². The molecule has 1 aromatic rings. The van der Waals surface area contributed by atoms with E-state index in [-0.39, 0.29) is 18.5 Å². The molecule has 0 aromatic heterocycles. The molecule has 0 unspecified atom stereocenters. The van der Waals surface area contributed by atoms with Gasteiger partial charge in [-0.05, 0) is 25.5 Å². The van der Waals surface area contributed by atoms with Crippen LogP contribution in [0.5, 0.6) is 5.75 Å². The van der Waals surface area contributed by atoms with Gasteiger partial charge in [-0.3, -0.25) is 4.90 Å². The number of nitrogens with zero attached hydrogens (tertiary/aromatic N) is 1. The Bertz CT molecular complexity index is 425. The molecule has 106 valence electrons. The van der Waals surface area contributed by atoms with E-state index < -0.39 is 5.60 Å². The van der Waals surface area contributed by atoms with Crippen molar-refractivity contribution in [1.82, 2.24) is 4.90 Å². The summed E-state index contributed by atoms with van der Waals surface area (Å²) in [4.78, 5) is 1.99. The molecule has 1 aromatic carbocycles. The molecule has 0 radical (unpaired) electrons. The summed E-state index contributed by atoms with van der Waals surface area (Å²) in [6, 6.07) is 5.94. The van der Waals surface area contributed by atoms with Crippen LogP contribution in [0.4, 0.5) is 4.39 Å². The van der Waals surface area contributed by atoms with Gasteiger partial charge in [-0.15, -0.1) is 0 Å². The van der Waals surface area contributed by atoms with Gasteiger partial charge in [-0.25, -0.2) is 4.39 Å². The average Bonchev–Trinajstić information content (AvgIpc) is 2.33. The number of ether oxygens (including phenoxy) is 1. The number of halogens is 1. The smallest absolute Gasteiger partial charge is 0.129 e. The zero-order valence-electron chi connectivity index (χ0n) is 11.1. The van der Waals surface area contributed by atoms with Crippen LogP contribution in [-0.4, -0.2) is 53.1 Å². The van der Waals surface area contributed by atoms with Gasteiger partial charge in [-0.1, -0.05) is 6.07 Å². The second kappa shape index (κ2) is 5.86. The molecule has 19 heavy (non-hydrogen) atoms. The Labute approximate surface area is 112 Å². The molecular formula is C14H20FNO3. The fourth-order valence-electron chi connectivity index (χ4n) is 2.47. The van der Waals surface area contributed by atoms with Crippen LogP contribution in [0.25, 0.3) is 0 Å². The Balaban J connectivity index is 2.01. The number of benzene rings is 1. The van der Waals surface area contributed by atoms with E-state index in [2.05, 4.69) is 0 Å². The molecule has 2 atom stereocenters. The lowest BCUT2D eigenvalue weighted by atomic mass is 9.91. The molecule has 0 spiro atoms. The van der Waals surface area contributed by atoms with Gasteiger partial charge < -0.3 is 14.9 Å². The van der Waals surface area contributed by atoms with E-state index >= 15 is 0 Å². The molecule has 4 nitrogen and oxygen atoms in total. The van der Waals surface area contributed by atoms with Gasteiger partial charge in [0.1, 0.15) is 23.3 Å². The van der Waals surface area contributed by atoms with Crippen LogP contribution < -0.4 is 4.74 Å². The number of piperidine rings is 1. The SMILES string of the molecule is C[C@]1(O)CN(CCO)CC[C@@H]1Oc1cccc(F)c1. The molecule has 1 saturated heterocycles. The predicted octanol–water partition coefficient (Wildman–Crippen LogP) is 1.02. The first kappa shape index (κ1) is 14.2. The van der Waals surface area contributed by atoms with Crippen LogP contribution in [0.2, 0.25) is 0 Å². The van der Waals surface area contributed by atoms with Crippen LogP contribution in [0.3, 0.4) is 0 Å². The van der Waals surface area contributed by atoms with Crippen LogP contribution in [0.1, 0.15) is 13.3 Å². The van der Waals surface area contributed by atoms with Crippen molar-refractivity contribution in [2.24, 2.45) is 0 Å². The highest BCUT2D eigenvalue weighted by Crippen LogP contribution is 2.26. The van der Waals surface area contributed by atoms with Crippen molar-refractivity contribution in [3.05, 3.63) is 30.1 Å². The maximum absolute atomic E-state index is 13.1. The minimum atomic E-state index is -1.01. The van der Waals surface area contributed by atoms with Gasteiger partial charge in [0, 0.05) is 25.7 Å². The van der Waals surface area contributed by atoms with Crippen molar-refractivity contribution < 1.29 is 19.3 Å². The Hall–Kier alpha value is -1.17. The zero-order chi connectivity index (χ0) is 13.9. The first-order valence-electron chi connectivity index (χ1n) is 6.49. The van der Waals surface area contributed by atoms with Crippen LogP contribution in [-0.2, 0) is 0 Å². The number of rotatable bonds is 4. The quantitative estimate of drug-likeness (QED) is 0.857. The Morgan fingerprint density at radius 2 is 2.32 bits per heavy atom. The van der Waals surface area contributed by atoms with Gasteiger partial charge in [0.15, 0.2) is 0 Å². The number of likely N-dealkylation sites (tertiary alicyclic amines) is 1. The second-order valence-electron chi connectivity index (χ2n) is 5.21. The van der Waals surface area contributed by atoms with E-state index in [1.807, 2.05) is 4.90 Å². The highest BCUT2D eigenvalue weighted by Gasteiger charge is 2.39. The summed E-state index contributed by atoms with van der Waals surface area (Å²) in [5.41, 5.74) is -1.01. The fourth-order valence-corrected chi connectivity index (χ4v) is 2.47. The summed E-state index contributed by atoms with van der Waals surface area (Å²) < 4.78 is 18.8. The first-order valence-corrected chi connectivity index (χ1v) is 6.49. The minimum absolute atomic E-state index is 0.0749. The molecule has 1 fully saturated rings.